The van der Waals surface area contributed by atoms with Crippen LogP contribution in [0.4, 0.5) is 0 Å². The molecule has 0 atom stereocenters. The number of hydrogen-bond acceptors (Lipinski definition) is 2. The minimum atomic E-state index is 0.0415. The molecule has 1 heterocycles. The van der Waals surface area contributed by atoms with Gasteiger partial charge in [-0.1, -0.05) is 0 Å². The van der Waals surface area contributed by atoms with Crippen LogP contribution in [-0.4, -0.2) is 16.8 Å². The third-order valence-electron chi connectivity index (χ3n) is 2.65. The van der Waals surface area contributed by atoms with Crippen molar-refractivity contribution in [3.05, 3.63) is 47.8 Å². The lowest BCUT2D eigenvalue weighted by atomic mass is 10.3. The van der Waals surface area contributed by atoms with E-state index >= 15 is 0 Å². The molecule has 0 aliphatic rings. The molecule has 1 N–H and O–H groups in total. The number of rotatable bonds is 3. The smallest absolute Gasteiger partial charge is 0.119 e. The van der Waals surface area contributed by atoms with Crippen molar-refractivity contribution in [2.45, 2.75) is 13.5 Å². The Morgan fingerprint density at radius 2 is 1.81 bits per heavy atom. The summed E-state index contributed by atoms with van der Waals surface area (Å²) in [5.41, 5.74) is 3.03. The molecule has 1 aromatic heterocycles. The van der Waals surface area contributed by atoms with Gasteiger partial charge in [0.25, 0.3) is 0 Å². The third-order valence-corrected chi connectivity index (χ3v) is 2.65. The molecule has 2 rings (SSSR count). The van der Waals surface area contributed by atoms with Crippen LogP contribution >= 0.6 is 0 Å². The first-order valence-corrected chi connectivity index (χ1v) is 5.19. The van der Waals surface area contributed by atoms with Gasteiger partial charge in [0, 0.05) is 17.1 Å². The van der Waals surface area contributed by atoms with E-state index in [9.17, 15) is 5.11 Å². The fourth-order valence-electron chi connectivity index (χ4n) is 1.82. The van der Waals surface area contributed by atoms with Crippen LogP contribution in [0.25, 0.3) is 5.69 Å². The maximum absolute atomic E-state index is 9.25. The molecule has 1 aromatic carbocycles. The second-order valence-corrected chi connectivity index (χ2v) is 3.66. The molecule has 0 spiro atoms. The third kappa shape index (κ3) is 1.82. The van der Waals surface area contributed by atoms with E-state index in [-0.39, 0.29) is 6.61 Å². The van der Waals surface area contributed by atoms with Crippen LogP contribution in [0.1, 0.15) is 11.4 Å². The van der Waals surface area contributed by atoms with Crippen LogP contribution in [0.15, 0.2) is 36.4 Å². The van der Waals surface area contributed by atoms with Gasteiger partial charge in [-0.25, -0.2) is 0 Å². The molecule has 0 fully saturated rings. The highest BCUT2D eigenvalue weighted by Gasteiger charge is 2.06. The molecule has 0 aliphatic heterocycles. The molecule has 0 radical (unpaired) electrons. The molecule has 0 aliphatic carbocycles. The van der Waals surface area contributed by atoms with Crippen molar-refractivity contribution < 1.29 is 9.84 Å². The Morgan fingerprint density at radius 1 is 1.12 bits per heavy atom. The Balaban J connectivity index is 2.45. The lowest BCUT2D eigenvalue weighted by Gasteiger charge is -2.10. The summed E-state index contributed by atoms with van der Waals surface area (Å²) in [6.45, 7) is 2.06. The van der Waals surface area contributed by atoms with Gasteiger partial charge in [-0.3, -0.25) is 0 Å². The highest BCUT2D eigenvalue weighted by molar-refractivity contribution is 5.41. The van der Waals surface area contributed by atoms with Crippen molar-refractivity contribution in [1.82, 2.24) is 4.57 Å². The van der Waals surface area contributed by atoms with Crippen LogP contribution in [-0.2, 0) is 6.61 Å². The number of aliphatic hydroxyl groups is 1. The Kier molecular flexibility index (Phi) is 2.97. The number of aromatic nitrogens is 1. The second kappa shape index (κ2) is 4.41. The van der Waals surface area contributed by atoms with Gasteiger partial charge in [0.1, 0.15) is 5.75 Å². The van der Waals surface area contributed by atoms with Crippen molar-refractivity contribution >= 4 is 0 Å². The number of methoxy groups -OCH3 is 1. The summed E-state index contributed by atoms with van der Waals surface area (Å²) in [5.74, 6) is 0.833. The van der Waals surface area contributed by atoms with E-state index in [2.05, 4.69) is 0 Å². The Labute approximate surface area is 94.9 Å². The molecule has 84 valence electrons. The first-order valence-electron chi connectivity index (χ1n) is 5.19. The molecular weight excluding hydrogens is 202 g/mol. The fourth-order valence-corrected chi connectivity index (χ4v) is 1.82. The minimum absolute atomic E-state index is 0.0415. The molecule has 0 amide bonds. The Hall–Kier alpha value is -1.74. The van der Waals surface area contributed by atoms with Gasteiger partial charge in [-0.05, 0) is 43.3 Å². The largest absolute Gasteiger partial charge is 0.497 e. The maximum atomic E-state index is 9.25. The zero-order valence-corrected chi connectivity index (χ0v) is 9.47. The second-order valence-electron chi connectivity index (χ2n) is 3.66. The molecule has 0 saturated carbocycles. The Morgan fingerprint density at radius 3 is 2.38 bits per heavy atom. The molecule has 3 heteroatoms. The molecule has 3 nitrogen and oxygen atoms in total. The molecule has 16 heavy (non-hydrogen) atoms. The highest BCUT2D eigenvalue weighted by Crippen LogP contribution is 2.19. The summed E-state index contributed by atoms with van der Waals surface area (Å²) < 4.78 is 7.14. The number of ether oxygens (including phenoxy) is 1. The first-order chi connectivity index (χ1) is 7.76. The highest BCUT2D eigenvalue weighted by atomic mass is 16.5. The molecule has 0 unspecified atom stereocenters. The summed E-state index contributed by atoms with van der Waals surface area (Å²) in [6, 6.07) is 11.7. The van der Waals surface area contributed by atoms with Crippen molar-refractivity contribution in [1.29, 1.82) is 0 Å². The summed E-state index contributed by atoms with van der Waals surface area (Å²) in [6.07, 6.45) is 0. The van der Waals surface area contributed by atoms with E-state index in [1.165, 1.54) is 0 Å². The van der Waals surface area contributed by atoms with Crippen LogP contribution < -0.4 is 4.74 Å². The quantitative estimate of drug-likeness (QED) is 0.856. The monoisotopic (exact) mass is 217 g/mol. The molecule has 0 bridgehead atoms. The summed E-state index contributed by atoms with van der Waals surface area (Å²) in [7, 11) is 1.65. The van der Waals surface area contributed by atoms with Crippen LogP contribution in [0.3, 0.4) is 0 Å². The van der Waals surface area contributed by atoms with Crippen molar-refractivity contribution in [2.75, 3.05) is 7.11 Å². The van der Waals surface area contributed by atoms with Crippen molar-refractivity contribution in [3.8, 4) is 11.4 Å². The minimum Gasteiger partial charge on any atom is -0.497 e. The van der Waals surface area contributed by atoms with E-state index in [4.69, 9.17) is 4.74 Å². The van der Waals surface area contributed by atoms with Crippen molar-refractivity contribution in [2.24, 2.45) is 0 Å². The predicted molar refractivity (Wildman–Crippen MR) is 63.0 cm³/mol. The maximum Gasteiger partial charge on any atom is 0.119 e. The van der Waals surface area contributed by atoms with Gasteiger partial charge in [0.2, 0.25) is 0 Å². The zero-order valence-electron chi connectivity index (χ0n) is 9.47. The van der Waals surface area contributed by atoms with Gasteiger partial charge in [-0.15, -0.1) is 0 Å². The van der Waals surface area contributed by atoms with Gasteiger partial charge < -0.3 is 14.4 Å². The van der Waals surface area contributed by atoms with E-state index in [1.54, 1.807) is 7.11 Å². The summed E-state index contributed by atoms with van der Waals surface area (Å²) >= 11 is 0. The standard InChI is InChI=1S/C13H15NO2/c1-10-3-4-12(9-15)14(10)11-5-7-13(16-2)8-6-11/h3-8,15H,9H2,1-2H3. The van der Waals surface area contributed by atoms with Gasteiger partial charge >= 0.3 is 0 Å². The number of nitrogens with zero attached hydrogens (tertiary/aromatic N) is 1. The average molecular weight is 217 g/mol. The topological polar surface area (TPSA) is 34.4 Å². The summed E-state index contributed by atoms with van der Waals surface area (Å²) in [4.78, 5) is 0. The van der Waals surface area contributed by atoms with Gasteiger partial charge in [-0.2, -0.15) is 0 Å². The van der Waals surface area contributed by atoms with Crippen LogP contribution in [0, 0.1) is 6.92 Å². The van der Waals surface area contributed by atoms with E-state index in [1.807, 2.05) is 47.9 Å². The van der Waals surface area contributed by atoms with Crippen LogP contribution in [0.5, 0.6) is 5.75 Å². The Bertz CT molecular complexity index is 471. The summed E-state index contributed by atoms with van der Waals surface area (Å²) in [5, 5.41) is 9.25. The molecule has 2 aromatic rings. The van der Waals surface area contributed by atoms with E-state index < -0.39 is 0 Å². The number of hydrogen-bond donors (Lipinski definition) is 1. The number of aliphatic hydroxyl groups excluding tert-OH is 1. The lowest BCUT2D eigenvalue weighted by molar-refractivity contribution is 0.274. The zero-order chi connectivity index (χ0) is 11.5. The van der Waals surface area contributed by atoms with Gasteiger partial charge in [0.15, 0.2) is 0 Å². The van der Waals surface area contributed by atoms with Crippen LogP contribution in [0.2, 0.25) is 0 Å². The lowest BCUT2D eigenvalue weighted by Crippen LogP contribution is -2.01. The van der Waals surface area contributed by atoms with Gasteiger partial charge in [0.05, 0.1) is 13.7 Å². The predicted octanol–water partition coefficient (Wildman–Crippen LogP) is 2.29. The average Bonchev–Trinajstić information content (AvgIpc) is 2.70. The van der Waals surface area contributed by atoms with Crippen molar-refractivity contribution in [3.63, 3.8) is 0 Å². The van der Waals surface area contributed by atoms with E-state index in [0.29, 0.717) is 0 Å². The SMILES string of the molecule is COc1ccc(-n2c(C)ccc2CO)cc1. The molecule has 0 saturated heterocycles. The fraction of sp³-hybridized carbons (Fsp3) is 0.231. The normalized spacial score (nSPS) is 10.4. The van der Waals surface area contributed by atoms with E-state index in [0.717, 1.165) is 22.8 Å². The number of aryl methyl sites for hydroxylation is 1. The molecular formula is C13H15NO2. The number of benzene rings is 1. The first kappa shape index (κ1) is 10.8.